The number of alkyl halides is 1. The van der Waals surface area contributed by atoms with E-state index in [9.17, 15) is 18.8 Å². The summed E-state index contributed by atoms with van der Waals surface area (Å²) in [6.45, 7) is 8.50. The molecule has 1 aliphatic heterocycles. The Morgan fingerprint density at radius 2 is 2.09 bits per heavy atom. The van der Waals surface area contributed by atoms with E-state index in [1.807, 2.05) is 20.8 Å². The summed E-state index contributed by atoms with van der Waals surface area (Å²) in [4.78, 5) is 34.3. The molecule has 6 nitrogen and oxygen atoms in total. The highest BCUT2D eigenvalue weighted by Gasteiger charge is 2.47. The summed E-state index contributed by atoms with van der Waals surface area (Å²) in [6.07, 6.45) is -0.209. The average Bonchev–Trinajstić information content (AvgIpc) is 2.69. The Bertz CT molecular complexity index is 467. The van der Waals surface area contributed by atoms with Gasteiger partial charge in [-0.05, 0) is 17.9 Å². The molecule has 0 N–H and O–H groups in total. The maximum atomic E-state index is 13.7. The number of hydrogen-bond donors (Lipinski definition) is 0. The second-order valence-corrected chi connectivity index (χ2v) is 6.32. The highest BCUT2D eigenvalue weighted by molar-refractivity contribution is 5.82. The fourth-order valence-corrected chi connectivity index (χ4v) is 1.71. The van der Waals surface area contributed by atoms with Crippen LogP contribution in [0, 0.1) is 5.41 Å². The van der Waals surface area contributed by atoms with E-state index in [0.29, 0.717) is 6.42 Å². The fourth-order valence-electron chi connectivity index (χ4n) is 1.71. The van der Waals surface area contributed by atoms with Crippen molar-refractivity contribution in [2.45, 2.75) is 52.0 Å². The highest BCUT2D eigenvalue weighted by Crippen LogP contribution is 2.31. The van der Waals surface area contributed by atoms with Crippen LogP contribution in [0.1, 0.15) is 40.0 Å². The number of carbonyl (C=O) groups is 3. The molecular weight excluding hydrogens is 295 g/mol. The van der Waals surface area contributed by atoms with Crippen LogP contribution < -0.4 is 0 Å². The average molecular weight is 316 g/mol. The van der Waals surface area contributed by atoms with Crippen LogP contribution in [0.15, 0.2) is 12.7 Å². The van der Waals surface area contributed by atoms with Gasteiger partial charge in [-0.15, -0.1) is 0 Å². The van der Waals surface area contributed by atoms with E-state index in [1.165, 1.54) is 0 Å². The Morgan fingerprint density at radius 1 is 1.45 bits per heavy atom. The van der Waals surface area contributed by atoms with Crippen molar-refractivity contribution in [1.82, 2.24) is 0 Å². The van der Waals surface area contributed by atoms with Crippen LogP contribution in [0.2, 0.25) is 0 Å². The first kappa shape index (κ1) is 18.1. The Morgan fingerprint density at radius 3 is 2.59 bits per heavy atom. The molecule has 0 aliphatic carbocycles. The number of rotatable bonds is 6. The standard InChI is InChI=1S/C15H21FO6/c1-5-15(16)8-10(13(19)22-15)21-12(18)9-20-11(17)6-7-14(2,3)4/h5,10H,1,6-9H2,2-4H3. The third-order valence-corrected chi connectivity index (χ3v) is 3.01. The maximum absolute atomic E-state index is 13.7. The van der Waals surface area contributed by atoms with Gasteiger partial charge in [-0.3, -0.25) is 4.79 Å². The fraction of sp³-hybridized carbons (Fsp3) is 0.667. The van der Waals surface area contributed by atoms with Crippen LogP contribution >= 0.6 is 0 Å². The first-order valence-electron chi connectivity index (χ1n) is 6.95. The molecule has 2 atom stereocenters. The van der Waals surface area contributed by atoms with Crippen molar-refractivity contribution >= 4 is 17.9 Å². The maximum Gasteiger partial charge on any atom is 0.350 e. The smallest absolute Gasteiger partial charge is 0.350 e. The third kappa shape index (κ3) is 5.83. The Hall–Kier alpha value is -1.92. The molecule has 1 saturated heterocycles. The van der Waals surface area contributed by atoms with Gasteiger partial charge in [0.1, 0.15) is 0 Å². The van der Waals surface area contributed by atoms with E-state index in [4.69, 9.17) is 9.47 Å². The van der Waals surface area contributed by atoms with Gasteiger partial charge in [0.2, 0.25) is 6.10 Å². The molecule has 1 fully saturated rings. The van der Waals surface area contributed by atoms with Gasteiger partial charge in [0.15, 0.2) is 6.61 Å². The highest BCUT2D eigenvalue weighted by atomic mass is 19.2. The summed E-state index contributed by atoms with van der Waals surface area (Å²) in [5.41, 5.74) is -0.0255. The van der Waals surface area contributed by atoms with Gasteiger partial charge in [0, 0.05) is 6.42 Å². The molecule has 0 radical (unpaired) electrons. The van der Waals surface area contributed by atoms with E-state index in [2.05, 4.69) is 11.3 Å². The predicted molar refractivity (Wildman–Crippen MR) is 74.3 cm³/mol. The summed E-state index contributed by atoms with van der Waals surface area (Å²) < 4.78 is 27.6. The van der Waals surface area contributed by atoms with Crippen molar-refractivity contribution in [2.24, 2.45) is 5.41 Å². The summed E-state index contributed by atoms with van der Waals surface area (Å²) in [7, 11) is 0. The second kappa shape index (κ2) is 6.89. The minimum absolute atomic E-state index is 0.0255. The molecule has 124 valence electrons. The van der Waals surface area contributed by atoms with Gasteiger partial charge in [-0.2, -0.15) is 4.39 Å². The predicted octanol–water partition coefficient (Wildman–Crippen LogP) is 2.07. The number of carbonyl (C=O) groups excluding carboxylic acids is 3. The van der Waals surface area contributed by atoms with Crippen molar-refractivity contribution < 1.29 is 33.0 Å². The first-order chi connectivity index (χ1) is 10.0. The molecule has 0 amide bonds. The SMILES string of the molecule is C=CC1(F)CC(OC(=O)COC(=O)CCC(C)(C)C)C(=O)O1. The third-order valence-electron chi connectivity index (χ3n) is 3.01. The molecule has 0 aromatic carbocycles. The van der Waals surface area contributed by atoms with Crippen LogP contribution in [-0.4, -0.2) is 36.5 Å². The molecule has 7 heteroatoms. The summed E-state index contributed by atoms with van der Waals surface area (Å²) in [5.74, 6) is -4.79. The molecule has 0 aromatic heterocycles. The number of halogens is 1. The van der Waals surface area contributed by atoms with E-state index in [1.54, 1.807) is 0 Å². The van der Waals surface area contributed by atoms with Crippen LogP contribution in [0.25, 0.3) is 0 Å². The van der Waals surface area contributed by atoms with E-state index < -0.39 is 42.9 Å². The number of hydrogen-bond acceptors (Lipinski definition) is 6. The summed E-state index contributed by atoms with van der Waals surface area (Å²) >= 11 is 0. The molecule has 1 aliphatic rings. The second-order valence-electron chi connectivity index (χ2n) is 6.32. The normalized spacial score (nSPS) is 24.5. The van der Waals surface area contributed by atoms with Crippen molar-refractivity contribution in [3.8, 4) is 0 Å². The molecule has 0 spiro atoms. The monoisotopic (exact) mass is 316 g/mol. The topological polar surface area (TPSA) is 78.9 Å². The van der Waals surface area contributed by atoms with E-state index >= 15 is 0 Å². The quantitative estimate of drug-likeness (QED) is 0.424. The lowest BCUT2D eigenvalue weighted by atomic mass is 9.91. The molecule has 1 heterocycles. The number of esters is 3. The van der Waals surface area contributed by atoms with Crippen molar-refractivity contribution in [2.75, 3.05) is 6.61 Å². The van der Waals surface area contributed by atoms with Gasteiger partial charge in [0.25, 0.3) is 5.85 Å². The van der Waals surface area contributed by atoms with Gasteiger partial charge in [0.05, 0.1) is 6.42 Å². The molecule has 1 rings (SSSR count). The first-order valence-corrected chi connectivity index (χ1v) is 6.95. The van der Waals surface area contributed by atoms with Crippen LogP contribution in [0.5, 0.6) is 0 Å². The molecular formula is C15H21FO6. The molecule has 22 heavy (non-hydrogen) atoms. The Labute approximate surface area is 128 Å². The van der Waals surface area contributed by atoms with E-state index in [0.717, 1.165) is 6.08 Å². The Kier molecular flexibility index (Phi) is 5.68. The molecule has 0 saturated carbocycles. The van der Waals surface area contributed by atoms with Crippen LogP contribution in [-0.2, 0) is 28.6 Å². The zero-order chi connectivity index (χ0) is 17.0. The largest absolute Gasteiger partial charge is 0.454 e. The molecule has 0 aromatic rings. The lowest BCUT2D eigenvalue weighted by Crippen LogP contribution is -2.26. The van der Waals surface area contributed by atoms with Gasteiger partial charge >= 0.3 is 17.9 Å². The zero-order valence-corrected chi connectivity index (χ0v) is 13.0. The minimum atomic E-state index is -2.33. The minimum Gasteiger partial charge on any atom is -0.454 e. The number of ether oxygens (including phenoxy) is 3. The van der Waals surface area contributed by atoms with Crippen molar-refractivity contribution in [1.29, 1.82) is 0 Å². The Balaban J connectivity index is 2.34. The molecule has 2 unspecified atom stereocenters. The van der Waals surface area contributed by atoms with Crippen molar-refractivity contribution in [3.05, 3.63) is 12.7 Å². The van der Waals surface area contributed by atoms with Crippen LogP contribution in [0.4, 0.5) is 4.39 Å². The number of cyclic esters (lactones) is 1. The summed E-state index contributed by atoms with van der Waals surface area (Å²) in [6, 6.07) is 0. The van der Waals surface area contributed by atoms with Gasteiger partial charge < -0.3 is 14.2 Å². The van der Waals surface area contributed by atoms with Crippen LogP contribution in [0.3, 0.4) is 0 Å². The summed E-state index contributed by atoms with van der Waals surface area (Å²) in [5, 5.41) is 0. The lowest BCUT2D eigenvalue weighted by molar-refractivity contribution is -0.169. The van der Waals surface area contributed by atoms with E-state index in [-0.39, 0.29) is 11.8 Å². The lowest BCUT2D eigenvalue weighted by Gasteiger charge is -2.16. The van der Waals surface area contributed by atoms with Gasteiger partial charge in [-0.25, -0.2) is 9.59 Å². The van der Waals surface area contributed by atoms with Gasteiger partial charge in [-0.1, -0.05) is 27.4 Å². The zero-order valence-electron chi connectivity index (χ0n) is 13.0. The van der Waals surface area contributed by atoms with Crippen molar-refractivity contribution in [3.63, 3.8) is 0 Å². The molecule has 0 bridgehead atoms.